The van der Waals surface area contributed by atoms with Gasteiger partial charge in [0.05, 0.1) is 18.2 Å². The number of aliphatic hydroxyl groups is 1. The van der Waals surface area contributed by atoms with Gasteiger partial charge < -0.3 is 10.0 Å². The van der Waals surface area contributed by atoms with Crippen LogP contribution >= 0.6 is 11.8 Å². The van der Waals surface area contributed by atoms with E-state index < -0.39 is 5.76 Å². The molecule has 0 spiro atoms. The number of carbonyl (C=O) groups excluding carboxylic acids is 1. The molecule has 2 rings (SSSR count). The predicted octanol–water partition coefficient (Wildman–Crippen LogP) is 2.60. The Labute approximate surface area is 114 Å². The molecular weight excluding hydrogens is 272 g/mol. The van der Waals surface area contributed by atoms with E-state index in [4.69, 9.17) is 0 Å². The molecule has 0 aromatic heterocycles. The van der Waals surface area contributed by atoms with Crippen LogP contribution in [0, 0.1) is 0 Å². The summed E-state index contributed by atoms with van der Waals surface area (Å²) >= 11 is 0.378. The second kappa shape index (κ2) is 6.34. The first-order valence-electron chi connectivity index (χ1n) is 6.09. The highest BCUT2D eigenvalue weighted by Gasteiger charge is 2.30. The zero-order valence-corrected chi connectivity index (χ0v) is 11.1. The van der Waals surface area contributed by atoms with Crippen LogP contribution in [0.1, 0.15) is 23.2 Å². The number of aliphatic hydroxyl groups excluding tert-OH is 1. The van der Waals surface area contributed by atoms with Gasteiger partial charge in [-0.15, -0.1) is 0 Å². The van der Waals surface area contributed by atoms with E-state index in [9.17, 15) is 18.7 Å². The summed E-state index contributed by atoms with van der Waals surface area (Å²) in [7, 11) is 0. The summed E-state index contributed by atoms with van der Waals surface area (Å²) in [5.74, 6) is -2.83. The number of hydrogen-bond acceptors (Lipinski definition) is 3. The quantitative estimate of drug-likeness (QED) is 0.865. The van der Waals surface area contributed by atoms with Crippen molar-refractivity contribution in [2.45, 2.75) is 29.5 Å². The molecule has 1 fully saturated rings. The maximum absolute atomic E-state index is 12.5. The molecule has 6 heteroatoms. The molecule has 1 amide bonds. The van der Waals surface area contributed by atoms with Crippen LogP contribution in [0.3, 0.4) is 0 Å². The van der Waals surface area contributed by atoms with E-state index >= 15 is 0 Å². The monoisotopic (exact) mass is 287 g/mol. The van der Waals surface area contributed by atoms with Crippen molar-refractivity contribution < 1.29 is 18.7 Å². The molecule has 1 aromatic carbocycles. The number of likely N-dealkylation sites (tertiary alicyclic amines) is 1. The molecule has 0 unspecified atom stereocenters. The lowest BCUT2D eigenvalue weighted by atomic mass is 10.1. The average Bonchev–Trinajstić information content (AvgIpc) is 2.86. The highest BCUT2D eigenvalue weighted by molar-refractivity contribution is 7.99. The van der Waals surface area contributed by atoms with Crippen LogP contribution in [0.5, 0.6) is 0 Å². The van der Waals surface area contributed by atoms with Crippen LogP contribution in [0.15, 0.2) is 29.2 Å². The van der Waals surface area contributed by atoms with Crippen LogP contribution in [-0.4, -0.2) is 40.9 Å². The van der Waals surface area contributed by atoms with Gasteiger partial charge >= 0.3 is 0 Å². The van der Waals surface area contributed by atoms with Gasteiger partial charge in [0.1, 0.15) is 0 Å². The van der Waals surface area contributed by atoms with E-state index in [-0.39, 0.29) is 29.0 Å². The Balaban J connectivity index is 2.23. The second-order valence-corrected chi connectivity index (χ2v) is 5.38. The molecule has 1 N–H and O–H groups in total. The van der Waals surface area contributed by atoms with E-state index in [1.54, 1.807) is 23.1 Å². The van der Waals surface area contributed by atoms with Crippen LogP contribution in [0.25, 0.3) is 0 Å². The molecule has 1 atom stereocenters. The number of thioether (sulfide) groups is 1. The summed E-state index contributed by atoms with van der Waals surface area (Å²) in [4.78, 5) is 14.2. The number of halogens is 2. The lowest BCUT2D eigenvalue weighted by molar-refractivity contribution is 0.0674. The molecule has 1 aromatic rings. The lowest BCUT2D eigenvalue weighted by Gasteiger charge is -2.24. The van der Waals surface area contributed by atoms with E-state index in [0.717, 1.165) is 12.8 Å². The molecule has 0 bridgehead atoms. The number of benzene rings is 1. The second-order valence-electron chi connectivity index (χ2n) is 4.35. The van der Waals surface area contributed by atoms with Gasteiger partial charge in [-0.05, 0) is 25.0 Å². The van der Waals surface area contributed by atoms with Crippen molar-refractivity contribution in [3.63, 3.8) is 0 Å². The fourth-order valence-electron chi connectivity index (χ4n) is 2.29. The SMILES string of the molecule is O=C(c1ccccc1SC(F)F)N1CCC[C@H]1CO. The van der Waals surface area contributed by atoms with E-state index in [0.29, 0.717) is 18.3 Å². The number of amides is 1. The minimum absolute atomic E-state index is 0.0874. The third kappa shape index (κ3) is 3.25. The molecule has 0 radical (unpaired) electrons. The highest BCUT2D eigenvalue weighted by atomic mass is 32.2. The van der Waals surface area contributed by atoms with Crippen molar-refractivity contribution in [2.75, 3.05) is 13.2 Å². The van der Waals surface area contributed by atoms with Crippen molar-refractivity contribution in [1.29, 1.82) is 0 Å². The fraction of sp³-hybridized carbons (Fsp3) is 0.462. The van der Waals surface area contributed by atoms with Gasteiger partial charge in [0.25, 0.3) is 11.7 Å². The van der Waals surface area contributed by atoms with Crippen molar-refractivity contribution in [2.24, 2.45) is 0 Å². The summed E-state index contributed by atoms with van der Waals surface area (Å²) in [6, 6.07) is 6.17. The van der Waals surface area contributed by atoms with Gasteiger partial charge in [-0.25, -0.2) is 0 Å². The Hall–Kier alpha value is -1.14. The van der Waals surface area contributed by atoms with E-state index in [1.807, 2.05) is 0 Å². The van der Waals surface area contributed by atoms with Gasteiger partial charge in [0.2, 0.25) is 0 Å². The van der Waals surface area contributed by atoms with Crippen LogP contribution in [0.2, 0.25) is 0 Å². The molecule has 1 heterocycles. The smallest absolute Gasteiger partial charge is 0.288 e. The standard InChI is InChI=1S/C13H15F2NO2S/c14-13(15)19-11-6-2-1-5-10(11)12(18)16-7-3-4-9(16)8-17/h1-2,5-6,9,13,17H,3-4,7-8H2/t9-/m0/s1. The Kier molecular flexibility index (Phi) is 4.76. The molecular formula is C13H15F2NO2S. The minimum Gasteiger partial charge on any atom is -0.394 e. The zero-order valence-electron chi connectivity index (χ0n) is 10.3. The fourth-order valence-corrected chi connectivity index (χ4v) is 2.92. The Morgan fingerprint density at radius 1 is 1.47 bits per heavy atom. The predicted molar refractivity (Wildman–Crippen MR) is 69.4 cm³/mol. The molecule has 19 heavy (non-hydrogen) atoms. The summed E-state index contributed by atoms with van der Waals surface area (Å²) in [6.45, 7) is 0.480. The lowest BCUT2D eigenvalue weighted by Crippen LogP contribution is -2.37. The molecule has 3 nitrogen and oxygen atoms in total. The molecule has 1 saturated heterocycles. The summed E-state index contributed by atoms with van der Waals surface area (Å²) in [5.41, 5.74) is 0.285. The third-order valence-electron chi connectivity index (χ3n) is 3.18. The average molecular weight is 287 g/mol. The molecule has 0 aliphatic carbocycles. The van der Waals surface area contributed by atoms with Crippen molar-refractivity contribution in [3.8, 4) is 0 Å². The topological polar surface area (TPSA) is 40.5 Å². The van der Waals surface area contributed by atoms with Gasteiger partial charge in [0.15, 0.2) is 0 Å². The molecule has 1 aliphatic rings. The Bertz CT molecular complexity index is 456. The minimum atomic E-state index is -2.55. The molecule has 104 valence electrons. The van der Waals surface area contributed by atoms with E-state index in [1.165, 1.54) is 6.07 Å². The third-order valence-corrected chi connectivity index (χ3v) is 3.97. The number of hydrogen-bond donors (Lipinski definition) is 1. The van der Waals surface area contributed by atoms with Gasteiger partial charge in [-0.1, -0.05) is 23.9 Å². The van der Waals surface area contributed by atoms with Gasteiger partial charge in [-0.2, -0.15) is 8.78 Å². The Morgan fingerprint density at radius 2 is 2.21 bits per heavy atom. The van der Waals surface area contributed by atoms with Gasteiger partial charge in [0, 0.05) is 11.4 Å². The summed E-state index contributed by atoms with van der Waals surface area (Å²) < 4.78 is 25.0. The first-order valence-corrected chi connectivity index (χ1v) is 6.97. The number of rotatable bonds is 4. The largest absolute Gasteiger partial charge is 0.394 e. The van der Waals surface area contributed by atoms with Crippen LogP contribution < -0.4 is 0 Å². The Morgan fingerprint density at radius 3 is 2.89 bits per heavy atom. The number of carbonyl (C=O) groups is 1. The van der Waals surface area contributed by atoms with Gasteiger partial charge in [-0.3, -0.25) is 4.79 Å². The summed E-state index contributed by atoms with van der Waals surface area (Å²) in [6.07, 6.45) is 1.59. The van der Waals surface area contributed by atoms with Crippen molar-refractivity contribution in [1.82, 2.24) is 4.90 Å². The first-order chi connectivity index (χ1) is 9.13. The van der Waals surface area contributed by atoms with Crippen LogP contribution in [0.4, 0.5) is 8.78 Å². The molecule has 1 aliphatic heterocycles. The first kappa shape index (κ1) is 14.3. The van der Waals surface area contributed by atoms with Crippen LogP contribution in [-0.2, 0) is 0 Å². The maximum atomic E-state index is 12.5. The normalized spacial score (nSPS) is 19.2. The number of alkyl halides is 2. The highest BCUT2D eigenvalue weighted by Crippen LogP contribution is 2.30. The number of nitrogens with zero attached hydrogens (tertiary/aromatic N) is 1. The zero-order chi connectivity index (χ0) is 13.8. The van der Waals surface area contributed by atoms with E-state index in [2.05, 4.69) is 0 Å². The van der Waals surface area contributed by atoms with Crippen molar-refractivity contribution >= 4 is 17.7 Å². The summed E-state index contributed by atoms with van der Waals surface area (Å²) in [5, 5.41) is 9.23. The van der Waals surface area contributed by atoms with Crippen molar-refractivity contribution in [3.05, 3.63) is 29.8 Å². The maximum Gasteiger partial charge on any atom is 0.288 e. The molecule has 0 saturated carbocycles.